The zero-order valence-electron chi connectivity index (χ0n) is 13.8. The number of benzene rings is 2. The maximum atomic E-state index is 12.2. The van der Waals surface area contributed by atoms with E-state index in [9.17, 15) is 10.0 Å². The average molecular weight is 385 g/mol. The molecule has 0 heterocycles. The third-order valence-electron chi connectivity index (χ3n) is 3.22. The molecule has 0 aliphatic carbocycles. The van der Waals surface area contributed by atoms with Gasteiger partial charge in [-0.05, 0) is 50.5 Å². The third-order valence-corrected chi connectivity index (χ3v) is 3.76. The Kier molecular flexibility index (Phi) is 6.90. The lowest BCUT2D eigenvalue weighted by Gasteiger charge is -2.13. The number of carbonyl (C=O) groups is 1. The summed E-state index contributed by atoms with van der Waals surface area (Å²) in [6.07, 6.45) is 0. The summed E-state index contributed by atoms with van der Waals surface area (Å²) in [4.78, 5) is 14.1. The van der Waals surface area contributed by atoms with Crippen LogP contribution in [0.4, 0.5) is 5.69 Å². The summed E-state index contributed by atoms with van der Waals surface area (Å²) in [6.45, 7) is 0.814. The highest BCUT2D eigenvalue weighted by Gasteiger charge is 2.15. The molecule has 0 atom stereocenters. The van der Waals surface area contributed by atoms with Gasteiger partial charge in [0.25, 0.3) is 0 Å². The number of esters is 1. The van der Waals surface area contributed by atoms with Crippen LogP contribution in [0.3, 0.4) is 0 Å². The molecule has 0 aliphatic rings. The Morgan fingerprint density at radius 1 is 1.20 bits per heavy atom. The number of ether oxygens (including phenoxy) is 2. The molecule has 0 aromatic heterocycles. The first-order valence-electron chi connectivity index (χ1n) is 7.39. The fraction of sp³-hybridized carbons (Fsp3) is 0.235. The van der Waals surface area contributed by atoms with Crippen molar-refractivity contribution in [3.63, 3.8) is 0 Å². The predicted molar refractivity (Wildman–Crippen MR) is 97.2 cm³/mol. The van der Waals surface area contributed by atoms with Crippen molar-refractivity contribution in [3.05, 3.63) is 52.0 Å². The Labute approximate surface area is 155 Å². The highest BCUT2D eigenvalue weighted by atomic mass is 35.5. The molecule has 2 rings (SSSR count). The molecule has 0 fully saturated rings. The van der Waals surface area contributed by atoms with Crippen molar-refractivity contribution in [1.29, 1.82) is 0 Å². The topological polar surface area (TPSA) is 71.0 Å². The van der Waals surface area contributed by atoms with Crippen LogP contribution in [0.25, 0.3) is 0 Å². The van der Waals surface area contributed by atoms with Crippen LogP contribution < -0.4 is 10.2 Å². The van der Waals surface area contributed by atoms with Gasteiger partial charge >= 0.3 is 5.97 Å². The molecule has 0 aliphatic heterocycles. The van der Waals surface area contributed by atoms with Crippen LogP contribution in [0, 0.1) is 0 Å². The maximum absolute atomic E-state index is 12.2. The number of nitrogens with zero attached hydrogens (tertiary/aromatic N) is 1. The minimum Gasteiger partial charge on any atom is -0.461 e. The van der Waals surface area contributed by atoms with Crippen molar-refractivity contribution in [3.8, 4) is 11.5 Å². The van der Waals surface area contributed by atoms with E-state index in [1.54, 1.807) is 24.3 Å². The largest absolute Gasteiger partial charge is 0.461 e. The lowest BCUT2D eigenvalue weighted by Crippen LogP contribution is -2.20. The molecule has 134 valence electrons. The van der Waals surface area contributed by atoms with E-state index in [-0.39, 0.29) is 17.9 Å². The van der Waals surface area contributed by atoms with Gasteiger partial charge < -0.3 is 14.4 Å². The van der Waals surface area contributed by atoms with Crippen LogP contribution in [0.1, 0.15) is 10.4 Å². The molecular weight excluding hydrogens is 367 g/mol. The first-order valence-corrected chi connectivity index (χ1v) is 8.15. The monoisotopic (exact) mass is 384 g/mol. The van der Waals surface area contributed by atoms with Crippen LogP contribution in [-0.2, 0) is 4.74 Å². The molecule has 0 amide bonds. The number of rotatable bonds is 7. The lowest BCUT2D eigenvalue weighted by atomic mass is 10.1. The normalized spacial score (nSPS) is 10.6. The van der Waals surface area contributed by atoms with Crippen molar-refractivity contribution < 1.29 is 19.5 Å². The van der Waals surface area contributed by atoms with Gasteiger partial charge in [0, 0.05) is 11.6 Å². The summed E-state index contributed by atoms with van der Waals surface area (Å²) in [5.41, 5.74) is 2.33. The van der Waals surface area contributed by atoms with Crippen LogP contribution in [0.15, 0.2) is 36.4 Å². The highest BCUT2D eigenvalue weighted by Crippen LogP contribution is 2.33. The van der Waals surface area contributed by atoms with E-state index in [1.807, 2.05) is 24.5 Å². The zero-order valence-corrected chi connectivity index (χ0v) is 15.3. The first-order chi connectivity index (χ1) is 11.9. The van der Waals surface area contributed by atoms with E-state index in [4.69, 9.17) is 32.7 Å². The van der Waals surface area contributed by atoms with Crippen molar-refractivity contribution in [2.24, 2.45) is 0 Å². The molecule has 0 saturated heterocycles. The quantitative estimate of drug-likeness (QED) is 0.547. The van der Waals surface area contributed by atoms with Crippen molar-refractivity contribution in [1.82, 2.24) is 4.90 Å². The Balaban J connectivity index is 2.19. The van der Waals surface area contributed by atoms with Crippen molar-refractivity contribution >= 4 is 34.9 Å². The molecule has 2 N–H and O–H groups in total. The zero-order chi connectivity index (χ0) is 18.4. The summed E-state index contributed by atoms with van der Waals surface area (Å²) in [5, 5.41) is 10.0. The second-order valence-electron chi connectivity index (χ2n) is 5.44. The highest BCUT2D eigenvalue weighted by molar-refractivity contribution is 6.35. The van der Waals surface area contributed by atoms with Gasteiger partial charge in [0.15, 0.2) is 0 Å². The van der Waals surface area contributed by atoms with Crippen molar-refractivity contribution in [2.45, 2.75) is 0 Å². The van der Waals surface area contributed by atoms with E-state index in [0.29, 0.717) is 28.1 Å². The molecule has 0 radical (unpaired) electrons. The molecule has 8 heteroatoms. The maximum Gasteiger partial charge on any atom is 0.340 e. The van der Waals surface area contributed by atoms with Gasteiger partial charge in [-0.3, -0.25) is 10.7 Å². The number of halogens is 2. The van der Waals surface area contributed by atoms with Crippen molar-refractivity contribution in [2.75, 3.05) is 32.7 Å². The summed E-state index contributed by atoms with van der Waals surface area (Å²) in [5.74, 6) is 0.177. The van der Waals surface area contributed by atoms with E-state index in [1.165, 1.54) is 12.1 Å². The molecule has 25 heavy (non-hydrogen) atoms. The first kappa shape index (κ1) is 19.3. The third kappa shape index (κ3) is 5.51. The average Bonchev–Trinajstić information content (AvgIpc) is 2.57. The molecule has 0 unspecified atom stereocenters. The second-order valence-corrected chi connectivity index (χ2v) is 6.28. The molecule has 0 spiro atoms. The Morgan fingerprint density at radius 2 is 1.96 bits per heavy atom. The van der Waals surface area contributed by atoms with E-state index >= 15 is 0 Å². The van der Waals surface area contributed by atoms with Gasteiger partial charge in [-0.15, -0.1) is 0 Å². The molecule has 0 bridgehead atoms. The predicted octanol–water partition coefficient (Wildman–Crippen LogP) is 4.31. The van der Waals surface area contributed by atoms with Gasteiger partial charge in [0.05, 0.1) is 16.3 Å². The summed E-state index contributed by atoms with van der Waals surface area (Å²) in [6, 6.07) is 9.36. The Bertz CT molecular complexity index is 753. The molecule has 6 nitrogen and oxygen atoms in total. The number of carbonyl (C=O) groups excluding carboxylic acids is 1. The SMILES string of the molecule is CN(C)CCOC(=O)c1cc(Oc2ccc(Cl)cc2Cl)ccc1NO. The summed E-state index contributed by atoms with van der Waals surface area (Å²) < 4.78 is 10.9. The van der Waals surface area contributed by atoms with E-state index in [2.05, 4.69) is 0 Å². The Hall–Kier alpha value is -1.99. The minimum absolute atomic E-state index is 0.142. The second kappa shape index (κ2) is 8.92. The van der Waals surface area contributed by atoms with Gasteiger partial charge in [0.1, 0.15) is 18.1 Å². The molecule has 2 aromatic carbocycles. The summed E-state index contributed by atoms with van der Waals surface area (Å²) >= 11 is 11.9. The Morgan fingerprint density at radius 3 is 2.60 bits per heavy atom. The number of hydrogen-bond acceptors (Lipinski definition) is 6. The van der Waals surface area contributed by atoms with E-state index < -0.39 is 5.97 Å². The van der Waals surface area contributed by atoms with Gasteiger partial charge in [-0.2, -0.15) is 0 Å². The van der Waals surface area contributed by atoms with Crippen LogP contribution >= 0.6 is 23.2 Å². The molecule has 0 saturated carbocycles. The van der Waals surface area contributed by atoms with Crippen LogP contribution in [0.2, 0.25) is 10.0 Å². The van der Waals surface area contributed by atoms with Gasteiger partial charge in [0.2, 0.25) is 0 Å². The number of hydrogen-bond donors (Lipinski definition) is 2. The van der Waals surface area contributed by atoms with E-state index in [0.717, 1.165) is 0 Å². The smallest absolute Gasteiger partial charge is 0.340 e. The fourth-order valence-corrected chi connectivity index (χ4v) is 2.38. The summed E-state index contributed by atoms with van der Waals surface area (Å²) in [7, 11) is 3.75. The molecule has 2 aromatic rings. The molecular formula is C17H18Cl2N2O4. The van der Waals surface area contributed by atoms with Gasteiger partial charge in [-0.25, -0.2) is 4.79 Å². The van der Waals surface area contributed by atoms with Gasteiger partial charge in [-0.1, -0.05) is 23.2 Å². The number of nitrogens with one attached hydrogen (secondary N) is 1. The standard InChI is InChI=1S/C17H18Cl2N2O4/c1-21(2)7-8-24-17(22)13-10-12(4-5-15(13)20-23)25-16-6-3-11(18)9-14(16)19/h3-6,9-10,20,23H,7-8H2,1-2H3. The number of anilines is 1. The fourth-order valence-electron chi connectivity index (χ4n) is 1.94. The minimum atomic E-state index is -0.578. The lowest BCUT2D eigenvalue weighted by molar-refractivity contribution is 0.0482. The van der Waals surface area contributed by atoms with Crippen LogP contribution in [-0.4, -0.2) is 43.3 Å². The number of likely N-dealkylation sites (N-methyl/N-ethyl adjacent to an activating group) is 1. The van der Waals surface area contributed by atoms with Crippen LogP contribution in [0.5, 0.6) is 11.5 Å².